The number of aromatic nitrogens is 2. The maximum atomic E-state index is 11.5. The fourth-order valence-corrected chi connectivity index (χ4v) is 2.31. The van der Waals surface area contributed by atoms with Crippen molar-refractivity contribution < 1.29 is 17.9 Å². The molecule has 0 N–H and O–H groups in total. The molecule has 0 saturated heterocycles. The highest BCUT2D eigenvalue weighted by molar-refractivity contribution is 7.92. The summed E-state index contributed by atoms with van der Waals surface area (Å²) in [5, 5.41) is 0.452. The molecule has 2 rings (SSSR count). The normalized spacial score (nSPS) is 11.1. The Labute approximate surface area is 138 Å². The van der Waals surface area contributed by atoms with Crippen molar-refractivity contribution in [3.8, 4) is 16.9 Å². The lowest BCUT2D eigenvalue weighted by molar-refractivity contribution is -0.131. The maximum Gasteiger partial charge on any atom is 0.308 e. The van der Waals surface area contributed by atoms with Gasteiger partial charge in [-0.2, -0.15) is 0 Å². The summed E-state index contributed by atoms with van der Waals surface area (Å²) in [6.45, 7) is 1.29. The molecule has 0 aliphatic rings. The van der Waals surface area contributed by atoms with Gasteiger partial charge in [-0.25, -0.2) is 22.7 Å². The summed E-state index contributed by atoms with van der Waals surface area (Å²) in [5.41, 5.74) is 1.07. The van der Waals surface area contributed by atoms with Crippen LogP contribution in [-0.4, -0.2) is 37.7 Å². The van der Waals surface area contributed by atoms with E-state index in [-0.39, 0.29) is 5.95 Å². The predicted molar refractivity (Wildman–Crippen MR) is 87.0 cm³/mol. The van der Waals surface area contributed by atoms with Gasteiger partial charge in [0.05, 0.1) is 6.26 Å². The Balaban J connectivity index is 2.43. The third-order valence-corrected chi connectivity index (χ3v) is 4.32. The van der Waals surface area contributed by atoms with Gasteiger partial charge in [0.25, 0.3) is 0 Å². The van der Waals surface area contributed by atoms with Gasteiger partial charge in [-0.3, -0.25) is 4.79 Å². The Bertz CT molecular complexity index is 838. The summed E-state index contributed by atoms with van der Waals surface area (Å²) in [6, 6.07) is 4.77. The Morgan fingerprint density at radius 1 is 1.26 bits per heavy atom. The van der Waals surface area contributed by atoms with Crippen LogP contribution in [0.5, 0.6) is 5.75 Å². The lowest BCUT2D eigenvalue weighted by Crippen LogP contribution is -2.26. The number of rotatable bonds is 4. The zero-order valence-corrected chi connectivity index (χ0v) is 14.2. The van der Waals surface area contributed by atoms with Crippen LogP contribution in [-0.2, 0) is 14.8 Å². The van der Waals surface area contributed by atoms with Crippen molar-refractivity contribution >= 4 is 33.5 Å². The largest absolute Gasteiger partial charge is 0.426 e. The zero-order chi connectivity index (χ0) is 17.2. The van der Waals surface area contributed by atoms with Gasteiger partial charge in [0.2, 0.25) is 16.0 Å². The van der Waals surface area contributed by atoms with Gasteiger partial charge in [0, 0.05) is 42.5 Å². The molecule has 1 aromatic carbocycles. The van der Waals surface area contributed by atoms with Crippen LogP contribution in [0.15, 0.2) is 30.6 Å². The van der Waals surface area contributed by atoms with Gasteiger partial charge in [0.15, 0.2) is 0 Å². The number of benzene rings is 1. The summed E-state index contributed by atoms with van der Waals surface area (Å²) in [7, 11) is -2.09. The van der Waals surface area contributed by atoms with E-state index in [0.717, 1.165) is 10.6 Å². The summed E-state index contributed by atoms with van der Waals surface area (Å²) in [6.07, 6.45) is 3.92. The molecule has 0 aliphatic carbocycles. The highest BCUT2D eigenvalue weighted by Gasteiger charge is 2.16. The van der Waals surface area contributed by atoms with Crippen LogP contribution in [0.4, 0.5) is 5.95 Å². The van der Waals surface area contributed by atoms with Gasteiger partial charge in [-0.15, -0.1) is 0 Å². The van der Waals surface area contributed by atoms with Crippen molar-refractivity contribution in [2.24, 2.45) is 0 Å². The molecule has 0 saturated carbocycles. The second-order valence-corrected chi connectivity index (χ2v) is 7.19. The monoisotopic (exact) mass is 355 g/mol. The number of carbonyl (C=O) groups excluding carboxylic acids is 1. The maximum absolute atomic E-state index is 11.5. The molecule has 0 bridgehead atoms. The van der Waals surface area contributed by atoms with Crippen LogP contribution in [0.25, 0.3) is 11.1 Å². The van der Waals surface area contributed by atoms with E-state index in [2.05, 4.69) is 9.97 Å². The van der Waals surface area contributed by atoms with E-state index in [1.54, 1.807) is 18.2 Å². The fraction of sp³-hybridized carbons (Fsp3) is 0.214. The van der Waals surface area contributed by atoms with E-state index in [0.29, 0.717) is 21.9 Å². The summed E-state index contributed by atoms with van der Waals surface area (Å²) >= 11 is 5.98. The second kappa shape index (κ2) is 6.51. The minimum absolute atomic E-state index is 0.0346. The second-order valence-electron chi connectivity index (χ2n) is 4.74. The van der Waals surface area contributed by atoms with Crippen LogP contribution in [0.2, 0.25) is 5.02 Å². The minimum atomic E-state index is -3.45. The molecule has 0 fully saturated rings. The van der Waals surface area contributed by atoms with Crippen molar-refractivity contribution in [2.45, 2.75) is 6.92 Å². The van der Waals surface area contributed by atoms with E-state index in [1.165, 1.54) is 26.4 Å². The van der Waals surface area contributed by atoms with Crippen molar-refractivity contribution in [1.29, 1.82) is 0 Å². The van der Waals surface area contributed by atoms with Crippen LogP contribution in [0.3, 0.4) is 0 Å². The molecule has 7 nitrogen and oxygen atoms in total. The lowest BCUT2D eigenvalue weighted by atomic mass is 10.1. The summed E-state index contributed by atoms with van der Waals surface area (Å²) in [4.78, 5) is 19.2. The molecule has 0 spiro atoms. The van der Waals surface area contributed by atoms with Gasteiger partial charge < -0.3 is 4.74 Å². The van der Waals surface area contributed by atoms with E-state index in [9.17, 15) is 13.2 Å². The number of carbonyl (C=O) groups is 1. The topological polar surface area (TPSA) is 89.5 Å². The van der Waals surface area contributed by atoms with E-state index in [4.69, 9.17) is 16.3 Å². The Hall–Kier alpha value is -2.19. The van der Waals surface area contributed by atoms with E-state index >= 15 is 0 Å². The number of nitrogens with zero attached hydrogens (tertiary/aromatic N) is 3. The number of esters is 1. The quantitative estimate of drug-likeness (QED) is 0.616. The number of sulfonamides is 1. The molecule has 1 aromatic heterocycles. The first kappa shape index (κ1) is 17.2. The third-order valence-electron chi connectivity index (χ3n) is 2.92. The van der Waals surface area contributed by atoms with Gasteiger partial charge in [-0.05, 0) is 18.2 Å². The predicted octanol–water partition coefficient (Wildman–Crippen LogP) is 2.12. The molecular weight excluding hydrogens is 342 g/mol. The molecule has 0 aliphatic heterocycles. The molecule has 0 unspecified atom stereocenters. The molecule has 1 heterocycles. The third kappa shape index (κ3) is 4.17. The van der Waals surface area contributed by atoms with Crippen molar-refractivity contribution in [3.05, 3.63) is 35.6 Å². The van der Waals surface area contributed by atoms with Crippen LogP contribution < -0.4 is 9.04 Å². The first-order valence-corrected chi connectivity index (χ1v) is 8.65. The molecular formula is C14H14ClN3O4S. The van der Waals surface area contributed by atoms with Crippen LogP contribution >= 0.6 is 11.6 Å². The number of halogens is 1. The Morgan fingerprint density at radius 3 is 2.39 bits per heavy atom. The van der Waals surface area contributed by atoms with Crippen LogP contribution in [0.1, 0.15) is 6.92 Å². The number of hydrogen-bond donors (Lipinski definition) is 0. The number of hydrogen-bond acceptors (Lipinski definition) is 6. The molecule has 0 atom stereocenters. The molecule has 2 aromatic rings. The minimum Gasteiger partial charge on any atom is -0.426 e. The van der Waals surface area contributed by atoms with E-state index < -0.39 is 16.0 Å². The highest BCUT2D eigenvalue weighted by atomic mass is 35.5. The SMILES string of the molecule is CC(=O)Oc1ccc(Cl)cc1-c1cnc(N(C)S(C)(=O)=O)nc1. The molecule has 0 radical (unpaired) electrons. The average Bonchev–Trinajstić information content (AvgIpc) is 2.47. The Kier molecular flexibility index (Phi) is 4.86. The van der Waals surface area contributed by atoms with Crippen LogP contribution in [0, 0.1) is 0 Å². The van der Waals surface area contributed by atoms with Gasteiger partial charge in [0.1, 0.15) is 5.75 Å². The Morgan fingerprint density at radius 2 is 1.87 bits per heavy atom. The fourth-order valence-electron chi connectivity index (χ4n) is 1.74. The summed E-state index contributed by atoms with van der Waals surface area (Å²) < 4.78 is 29.0. The zero-order valence-electron chi connectivity index (χ0n) is 12.6. The highest BCUT2D eigenvalue weighted by Crippen LogP contribution is 2.32. The molecule has 122 valence electrons. The standard InChI is InChI=1S/C14H14ClN3O4S/c1-9(19)22-13-5-4-11(15)6-12(13)10-7-16-14(17-8-10)18(2)23(3,20)21/h4-8H,1-3H3. The van der Waals surface area contributed by atoms with Crippen molar-refractivity contribution in [1.82, 2.24) is 9.97 Å². The van der Waals surface area contributed by atoms with Gasteiger partial charge >= 0.3 is 5.97 Å². The molecule has 0 amide bonds. The lowest BCUT2D eigenvalue weighted by Gasteiger charge is -2.14. The van der Waals surface area contributed by atoms with Gasteiger partial charge in [-0.1, -0.05) is 11.6 Å². The smallest absolute Gasteiger partial charge is 0.308 e. The molecule has 9 heteroatoms. The first-order valence-electron chi connectivity index (χ1n) is 6.43. The summed E-state index contributed by atoms with van der Waals surface area (Å²) in [5.74, 6) is -0.120. The number of ether oxygens (including phenoxy) is 1. The first-order chi connectivity index (χ1) is 10.7. The van der Waals surface area contributed by atoms with E-state index in [1.807, 2.05) is 0 Å². The number of anilines is 1. The van der Waals surface area contributed by atoms with Crippen molar-refractivity contribution in [2.75, 3.05) is 17.6 Å². The molecule has 23 heavy (non-hydrogen) atoms. The van der Waals surface area contributed by atoms with Crippen molar-refractivity contribution in [3.63, 3.8) is 0 Å². The average molecular weight is 356 g/mol.